The van der Waals surface area contributed by atoms with E-state index in [9.17, 15) is 14.4 Å². The highest BCUT2D eigenvalue weighted by atomic mass is 32.1. The van der Waals surface area contributed by atoms with Gasteiger partial charge in [0.1, 0.15) is 5.76 Å². The summed E-state index contributed by atoms with van der Waals surface area (Å²) in [5, 5.41) is 10.4. The van der Waals surface area contributed by atoms with Crippen molar-refractivity contribution < 1.29 is 18.8 Å². The zero-order valence-corrected chi connectivity index (χ0v) is 18.4. The number of anilines is 3. The van der Waals surface area contributed by atoms with Crippen molar-refractivity contribution in [1.29, 1.82) is 0 Å². The minimum Gasteiger partial charge on any atom is -0.469 e. The number of hydrogen-bond acceptors (Lipinski definition) is 6. The van der Waals surface area contributed by atoms with E-state index < -0.39 is 0 Å². The van der Waals surface area contributed by atoms with Gasteiger partial charge >= 0.3 is 0 Å². The predicted molar refractivity (Wildman–Crippen MR) is 127 cm³/mol. The minimum atomic E-state index is -0.324. The van der Waals surface area contributed by atoms with Gasteiger partial charge in [0.2, 0.25) is 5.91 Å². The van der Waals surface area contributed by atoms with E-state index in [1.54, 1.807) is 66.9 Å². The molecule has 0 saturated carbocycles. The fourth-order valence-electron chi connectivity index (χ4n) is 3.07. The molecule has 0 saturated heterocycles. The molecule has 0 aliphatic rings. The van der Waals surface area contributed by atoms with Gasteiger partial charge < -0.3 is 15.1 Å². The van der Waals surface area contributed by atoms with Crippen LogP contribution >= 0.6 is 11.3 Å². The van der Waals surface area contributed by atoms with E-state index in [1.165, 1.54) is 17.6 Å². The Labute approximate surface area is 193 Å². The second kappa shape index (κ2) is 9.92. The van der Waals surface area contributed by atoms with Gasteiger partial charge in [-0.25, -0.2) is 4.98 Å². The molecule has 4 aromatic rings. The first kappa shape index (κ1) is 22.0. The average Bonchev–Trinajstić information content (AvgIpc) is 3.44. The largest absolute Gasteiger partial charge is 0.469 e. The third-order valence-corrected chi connectivity index (χ3v) is 5.51. The van der Waals surface area contributed by atoms with Gasteiger partial charge in [0, 0.05) is 10.9 Å². The molecule has 0 radical (unpaired) electrons. The molecule has 3 N–H and O–H groups in total. The van der Waals surface area contributed by atoms with Crippen molar-refractivity contribution in [2.24, 2.45) is 0 Å². The number of furan rings is 1. The van der Waals surface area contributed by atoms with Crippen LogP contribution in [0.15, 0.2) is 76.7 Å². The van der Waals surface area contributed by atoms with E-state index in [-0.39, 0.29) is 24.1 Å². The van der Waals surface area contributed by atoms with Crippen molar-refractivity contribution in [2.75, 3.05) is 16.0 Å². The van der Waals surface area contributed by atoms with Crippen LogP contribution in [0.25, 0.3) is 0 Å². The number of thiazole rings is 1. The van der Waals surface area contributed by atoms with Gasteiger partial charge in [-0.05, 0) is 37.3 Å². The lowest BCUT2D eigenvalue weighted by molar-refractivity contribution is -0.115. The summed E-state index contributed by atoms with van der Waals surface area (Å²) in [7, 11) is 0. The van der Waals surface area contributed by atoms with Crippen molar-refractivity contribution in [3.63, 3.8) is 0 Å². The van der Waals surface area contributed by atoms with Crippen LogP contribution in [0.2, 0.25) is 0 Å². The number of carbonyl (C=O) groups is 3. The van der Waals surface area contributed by atoms with Crippen LogP contribution in [0.3, 0.4) is 0 Å². The fraction of sp³-hybridized carbons (Fsp3) is 0.0833. The lowest BCUT2D eigenvalue weighted by atomic mass is 10.2. The van der Waals surface area contributed by atoms with Crippen molar-refractivity contribution in [3.05, 3.63) is 94.9 Å². The number of nitrogens with zero attached hydrogens (tertiary/aromatic N) is 1. The number of carbonyl (C=O) groups excluding carboxylic acids is 3. The molecule has 166 valence electrons. The molecular formula is C24H20N4O4S. The molecule has 0 aliphatic carbocycles. The Kier molecular flexibility index (Phi) is 6.61. The van der Waals surface area contributed by atoms with Crippen LogP contribution in [-0.2, 0) is 11.2 Å². The molecule has 2 heterocycles. The molecule has 0 unspecified atom stereocenters. The minimum absolute atomic E-state index is 0.0120. The number of nitrogens with one attached hydrogen (secondary N) is 3. The number of benzene rings is 2. The Morgan fingerprint density at radius 3 is 2.27 bits per heavy atom. The molecule has 0 fully saturated rings. The molecule has 8 nitrogen and oxygen atoms in total. The quantitative estimate of drug-likeness (QED) is 0.369. The van der Waals surface area contributed by atoms with Gasteiger partial charge in [0.25, 0.3) is 11.8 Å². The Balaban J connectivity index is 1.37. The standard InChI is InChI=1S/C24H20N4O4S/c1-15-18(11-12-32-15)23(31)28-24-25-17(14-33-24)13-21(29)26-19-9-5-6-10-20(19)27-22(30)16-7-3-2-4-8-16/h2-12,14H,13H2,1H3,(H,26,29)(H,27,30)(H,25,28,31). The second-order valence-electron chi connectivity index (χ2n) is 7.08. The molecular weight excluding hydrogens is 440 g/mol. The SMILES string of the molecule is Cc1occc1C(=O)Nc1nc(CC(=O)Nc2ccccc2NC(=O)c2ccccc2)cs1. The van der Waals surface area contributed by atoms with Gasteiger partial charge in [-0.3, -0.25) is 19.7 Å². The smallest absolute Gasteiger partial charge is 0.260 e. The molecule has 33 heavy (non-hydrogen) atoms. The summed E-state index contributed by atoms with van der Waals surface area (Å²) >= 11 is 1.23. The first-order valence-electron chi connectivity index (χ1n) is 10.0. The molecule has 0 atom stereocenters. The molecule has 2 aromatic heterocycles. The van der Waals surface area contributed by atoms with Gasteiger partial charge in [-0.2, -0.15) is 0 Å². The van der Waals surface area contributed by atoms with Crippen LogP contribution in [0, 0.1) is 6.92 Å². The molecule has 0 spiro atoms. The topological polar surface area (TPSA) is 113 Å². The fourth-order valence-corrected chi connectivity index (χ4v) is 3.78. The van der Waals surface area contributed by atoms with E-state index >= 15 is 0 Å². The summed E-state index contributed by atoms with van der Waals surface area (Å²) in [6, 6.07) is 17.4. The Bertz CT molecular complexity index is 1300. The van der Waals surface area contributed by atoms with Gasteiger partial charge in [0.05, 0.1) is 35.3 Å². The zero-order chi connectivity index (χ0) is 23.2. The van der Waals surface area contributed by atoms with Gasteiger partial charge in [-0.1, -0.05) is 30.3 Å². The van der Waals surface area contributed by atoms with Crippen molar-refractivity contribution in [1.82, 2.24) is 4.98 Å². The summed E-state index contributed by atoms with van der Waals surface area (Å²) in [4.78, 5) is 41.6. The summed E-state index contributed by atoms with van der Waals surface area (Å²) < 4.78 is 5.14. The van der Waals surface area contributed by atoms with Crippen LogP contribution in [-0.4, -0.2) is 22.7 Å². The van der Waals surface area contributed by atoms with E-state index in [1.807, 2.05) is 6.07 Å². The molecule has 3 amide bonds. The average molecular weight is 461 g/mol. The maximum atomic E-state index is 12.6. The molecule has 2 aromatic carbocycles. The molecule has 9 heteroatoms. The Morgan fingerprint density at radius 1 is 0.879 bits per heavy atom. The number of para-hydroxylation sites is 2. The van der Waals surface area contributed by atoms with Crippen molar-refractivity contribution in [2.45, 2.75) is 13.3 Å². The van der Waals surface area contributed by atoms with Crippen LogP contribution in [0.1, 0.15) is 32.2 Å². The van der Waals surface area contributed by atoms with Crippen LogP contribution in [0.5, 0.6) is 0 Å². The van der Waals surface area contributed by atoms with E-state index in [0.29, 0.717) is 39.1 Å². The number of rotatable bonds is 7. The van der Waals surface area contributed by atoms with Gasteiger partial charge in [-0.15, -0.1) is 11.3 Å². The van der Waals surface area contributed by atoms with Crippen molar-refractivity contribution >= 4 is 45.6 Å². The lowest BCUT2D eigenvalue weighted by Gasteiger charge is -2.12. The van der Waals surface area contributed by atoms with Crippen LogP contribution in [0.4, 0.5) is 16.5 Å². The summed E-state index contributed by atoms with van der Waals surface area (Å²) in [6.45, 7) is 1.70. The van der Waals surface area contributed by atoms with Gasteiger partial charge in [0.15, 0.2) is 5.13 Å². The summed E-state index contributed by atoms with van der Waals surface area (Å²) in [5.74, 6) is -0.383. The normalized spacial score (nSPS) is 10.5. The molecule has 4 rings (SSSR count). The molecule has 0 aliphatic heterocycles. The highest BCUT2D eigenvalue weighted by molar-refractivity contribution is 7.14. The highest BCUT2D eigenvalue weighted by Crippen LogP contribution is 2.23. The summed E-state index contributed by atoms with van der Waals surface area (Å²) in [5.41, 5.74) is 2.43. The third-order valence-electron chi connectivity index (χ3n) is 4.70. The van der Waals surface area contributed by atoms with E-state index in [0.717, 1.165) is 0 Å². The zero-order valence-electron chi connectivity index (χ0n) is 17.6. The first-order valence-corrected chi connectivity index (χ1v) is 10.9. The Hall–Kier alpha value is -4.24. The maximum absolute atomic E-state index is 12.6. The second-order valence-corrected chi connectivity index (χ2v) is 7.94. The predicted octanol–water partition coefficient (Wildman–Crippen LogP) is 4.73. The lowest BCUT2D eigenvalue weighted by Crippen LogP contribution is -2.18. The van der Waals surface area contributed by atoms with Crippen LogP contribution < -0.4 is 16.0 Å². The maximum Gasteiger partial charge on any atom is 0.260 e. The number of aryl methyl sites for hydroxylation is 1. The van der Waals surface area contributed by atoms with Crippen molar-refractivity contribution in [3.8, 4) is 0 Å². The number of hydrogen-bond donors (Lipinski definition) is 3. The number of aromatic nitrogens is 1. The molecule has 0 bridgehead atoms. The first-order chi connectivity index (χ1) is 16.0. The number of amides is 3. The Morgan fingerprint density at radius 2 is 1.58 bits per heavy atom. The van der Waals surface area contributed by atoms with E-state index in [2.05, 4.69) is 20.9 Å². The third kappa shape index (κ3) is 5.52. The van der Waals surface area contributed by atoms with E-state index in [4.69, 9.17) is 4.42 Å². The highest BCUT2D eigenvalue weighted by Gasteiger charge is 2.15. The summed E-state index contributed by atoms with van der Waals surface area (Å²) in [6.07, 6.45) is 1.46. The monoisotopic (exact) mass is 460 g/mol.